The highest BCUT2D eigenvalue weighted by Gasteiger charge is 2.14. The maximum atomic E-state index is 11.0. The highest BCUT2D eigenvalue weighted by molar-refractivity contribution is 9.10. The summed E-state index contributed by atoms with van der Waals surface area (Å²) in [5.74, 6) is 0. The van der Waals surface area contributed by atoms with Crippen molar-refractivity contribution in [2.45, 2.75) is 32.9 Å². The normalized spacial score (nSPS) is 11.6. The predicted octanol–water partition coefficient (Wildman–Crippen LogP) is 3.43. The van der Waals surface area contributed by atoms with Gasteiger partial charge in [-0.1, -0.05) is 0 Å². The van der Waals surface area contributed by atoms with Crippen LogP contribution in [0, 0.1) is 10.1 Å². The highest BCUT2D eigenvalue weighted by Crippen LogP contribution is 2.27. The minimum atomic E-state index is -0.418. The van der Waals surface area contributed by atoms with Crippen molar-refractivity contribution in [1.82, 2.24) is 15.1 Å². The van der Waals surface area contributed by atoms with Crippen LogP contribution in [0.5, 0.6) is 0 Å². The molecule has 0 saturated carbocycles. The minimum Gasteiger partial charge on any atom is -0.306 e. The van der Waals surface area contributed by atoms with Crippen molar-refractivity contribution in [2.24, 2.45) is 0 Å². The maximum Gasteiger partial charge on any atom is 0.285 e. The van der Waals surface area contributed by atoms with Gasteiger partial charge in [0.25, 0.3) is 5.69 Å². The Hall–Kier alpha value is -1.73. The number of aromatic nitrogens is 2. The van der Waals surface area contributed by atoms with E-state index >= 15 is 0 Å². The molecule has 0 fully saturated rings. The molecule has 1 aromatic carbocycles. The van der Waals surface area contributed by atoms with Crippen LogP contribution in [0.2, 0.25) is 0 Å². The standard InChI is InChI=1S/C14H17BrN4O2/c1-14(2,3)16-9-10-6-7-18(17-10)11-4-5-12(15)13(8-11)19(20)21/h4-8,16H,9H2,1-3H3. The van der Waals surface area contributed by atoms with Gasteiger partial charge in [0.1, 0.15) is 0 Å². The van der Waals surface area contributed by atoms with Crippen LogP contribution in [0.1, 0.15) is 26.5 Å². The first-order chi connectivity index (χ1) is 9.76. The molecule has 21 heavy (non-hydrogen) atoms. The van der Waals surface area contributed by atoms with Gasteiger partial charge in [-0.15, -0.1) is 0 Å². The number of nitro benzene ring substituents is 1. The van der Waals surface area contributed by atoms with Crippen LogP contribution in [0.15, 0.2) is 34.9 Å². The average Bonchev–Trinajstić information content (AvgIpc) is 2.84. The summed E-state index contributed by atoms with van der Waals surface area (Å²) >= 11 is 3.17. The zero-order chi connectivity index (χ0) is 15.6. The molecule has 0 radical (unpaired) electrons. The summed E-state index contributed by atoms with van der Waals surface area (Å²) in [5.41, 5.74) is 1.58. The lowest BCUT2D eigenvalue weighted by Gasteiger charge is -2.19. The predicted molar refractivity (Wildman–Crippen MR) is 84.5 cm³/mol. The summed E-state index contributed by atoms with van der Waals surface area (Å²) < 4.78 is 2.09. The fourth-order valence-corrected chi connectivity index (χ4v) is 2.13. The number of hydrogen-bond acceptors (Lipinski definition) is 4. The van der Waals surface area contributed by atoms with E-state index in [0.29, 0.717) is 16.7 Å². The highest BCUT2D eigenvalue weighted by atomic mass is 79.9. The zero-order valence-corrected chi connectivity index (χ0v) is 13.7. The molecular weight excluding hydrogens is 336 g/mol. The van der Waals surface area contributed by atoms with E-state index in [2.05, 4.69) is 47.1 Å². The molecule has 0 aliphatic carbocycles. The van der Waals surface area contributed by atoms with Gasteiger partial charge in [-0.2, -0.15) is 5.10 Å². The molecule has 0 saturated heterocycles. The van der Waals surface area contributed by atoms with Gasteiger partial charge in [0.15, 0.2) is 0 Å². The number of hydrogen-bond donors (Lipinski definition) is 1. The summed E-state index contributed by atoms with van der Waals surface area (Å²) in [4.78, 5) is 10.5. The van der Waals surface area contributed by atoms with Crippen LogP contribution in [0.3, 0.4) is 0 Å². The van der Waals surface area contributed by atoms with Gasteiger partial charge >= 0.3 is 0 Å². The molecule has 6 nitrogen and oxygen atoms in total. The van der Waals surface area contributed by atoms with Gasteiger partial charge in [-0.25, -0.2) is 4.68 Å². The Labute approximate surface area is 131 Å². The molecule has 0 aliphatic rings. The maximum absolute atomic E-state index is 11.0. The lowest BCUT2D eigenvalue weighted by molar-refractivity contribution is -0.385. The summed E-state index contributed by atoms with van der Waals surface area (Å²) in [7, 11) is 0. The monoisotopic (exact) mass is 352 g/mol. The first-order valence-corrected chi connectivity index (χ1v) is 7.29. The molecule has 0 bridgehead atoms. The zero-order valence-electron chi connectivity index (χ0n) is 12.1. The van der Waals surface area contributed by atoms with E-state index in [-0.39, 0.29) is 11.2 Å². The summed E-state index contributed by atoms with van der Waals surface area (Å²) in [5, 5.41) is 18.7. The second-order valence-corrected chi connectivity index (χ2v) is 6.60. The molecule has 1 N–H and O–H groups in total. The molecule has 0 amide bonds. The van der Waals surface area contributed by atoms with E-state index in [1.54, 1.807) is 23.0 Å². The second-order valence-electron chi connectivity index (χ2n) is 5.75. The number of nitro groups is 1. The Morgan fingerprint density at radius 2 is 2.10 bits per heavy atom. The van der Waals surface area contributed by atoms with Gasteiger partial charge in [0.05, 0.1) is 20.8 Å². The topological polar surface area (TPSA) is 73.0 Å². The molecule has 0 atom stereocenters. The van der Waals surface area contributed by atoms with E-state index in [1.807, 2.05) is 6.07 Å². The molecule has 0 spiro atoms. The van der Waals surface area contributed by atoms with Crippen LogP contribution < -0.4 is 5.32 Å². The third kappa shape index (κ3) is 4.12. The Balaban J connectivity index is 2.22. The number of nitrogens with one attached hydrogen (secondary N) is 1. The van der Waals surface area contributed by atoms with E-state index in [9.17, 15) is 10.1 Å². The van der Waals surface area contributed by atoms with Gasteiger partial charge < -0.3 is 5.32 Å². The molecule has 1 heterocycles. The SMILES string of the molecule is CC(C)(C)NCc1ccn(-c2ccc(Br)c([N+](=O)[O-])c2)n1. The van der Waals surface area contributed by atoms with Crippen LogP contribution in [0.25, 0.3) is 5.69 Å². The third-order valence-corrected chi connectivity index (χ3v) is 3.51. The number of nitrogens with zero attached hydrogens (tertiary/aromatic N) is 3. The Bertz CT molecular complexity index is 661. The Morgan fingerprint density at radius 3 is 2.71 bits per heavy atom. The van der Waals surface area contributed by atoms with Gasteiger partial charge in [0.2, 0.25) is 0 Å². The van der Waals surface area contributed by atoms with E-state index in [0.717, 1.165) is 5.69 Å². The van der Waals surface area contributed by atoms with Crippen LogP contribution in [-0.4, -0.2) is 20.2 Å². The first kappa shape index (κ1) is 15.7. The molecule has 7 heteroatoms. The Morgan fingerprint density at radius 1 is 1.38 bits per heavy atom. The van der Waals surface area contributed by atoms with Crippen molar-refractivity contribution in [2.75, 3.05) is 0 Å². The average molecular weight is 353 g/mol. The van der Waals surface area contributed by atoms with Gasteiger partial charge in [-0.3, -0.25) is 10.1 Å². The van der Waals surface area contributed by atoms with Crippen molar-refractivity contribution < 1.29 is 4.92 Å². The first-order valence-electron chi connectivity index (χ1n) is 6.50. The minimum absolute atomic E-state index is 0.0141. The van der Waals surface area contributed by atoms with Crippen LogP contribution in [0.4, 0.5) is 5.69 Å². The van der Waals surface area contributed by atoms with E-state index in [4.69, 9.17) is 0 Å². The Kier molecular flexibility index (Phi) is 4.43. The number of benzene rings is 1. The molecular formula is C14H17BrN4O2. The molecule has 2 aromatic rings. The van der Waals surface area contributed by atoms with Crippen LogP contribution >= 0.6 is 15.9 Å². The van der Waals surface area contributed by atoms with Crippen molar-refractivity contribution in [3.8, 4) is 5.69 Å². The van der Waals surface area contributed by atoms with Gasteiger partial charge in [0, 0.05) is 24.3 Å². The van der Waals surface area contributed by atoms with Crippen molar-refractivity contribution in [3.63, 3.8) is 0 Å². The van der Waals surface area contributed by atoms with Crippen molar-refractivity contribution >= 4 is 21.6 Å². The quantitative estimate of drug-likeness (QED) is 0.675. The van der Waals surface area contributed by atoms with Crippen LogP contribution in [-0.2, 0) is 6.54 Å². The molecule has 1 aromatic heterocycles. The van der Waals surface area contributed by atoms with Gasteiger partial charge in [-0.05, 0) is 54.9 Å². The second kappa shape index (κ2) is 5.95. The lowest BCUT2D eigenvalue weighted by atomic mass is 10.1. The molecule has 0 aliphatic heterocycles. The number of halogens is 1. The number of rotatable bonds is 4. The fraction of sp³-hybridized carbons (Fsp3) is 0.357. The van der Waals surface area contributed by atoms with E-state index in [1.165, 1.54) is 6.07 Å². The third-order valence-electron chi connectivity index (χ3n) is 2.84. The van der Waals surface area contributed by atoms with Crippen molar-refractivity contribution in [3.05, 3.63) is 50.7 Å². The fourth-order valence-electron chi connectivity index (χ4n) is 1.74. The molecule has 2 rings (SSSR count). The smallest absolute Gasteiger partial charge is 0.285 e. The summed E-state index contributed by atoms with van der Waals surface area (Å²) in [6.07, 6.45) is 1.80. The molecule has 0 unspecified atom stereocenters. The van der Waals surface area contributed by atoms with E-state index < -0.39 is 4.92 Å². The lowest BCUT2D eigenvalue weighted by Crippen LogP contribution is -2.35. The summed E-state index contributed by atoms with van der Waals surface area (Å²) in [6.45, 7) is 6.90. The summed E-state index contributed by atoms with van der Waals surface area (Å²) in [6, 6.07) is 6.83. The van der Waals surface area contributed by atoms with Crippen molar-refractivity contribution in [1.29, 1.82) is 0 Å². The largest absolute Gasteiger partial charge is 0.306 e. The molecule has 112 valence electrons.